The van der Waals surface area contributed by atoms with Crippen LogP contribution < -0.4 is 5.32 Å². The van der Waals surface area contributed by atoms with Crippen LogP contribution in [0.1, 0.15) is 19.8 Å². The summed E-state index contributed by atoms with van der Waals surface area (Å²) in [6.07, 6.45) is 3.43. The Morgan fingerprint density at radius 2 is 2.40 bits per heavy atom. The summed E-state index contributed by atoms with van der Waals surface area (Å²) >= 11 is 0. The van der Waals surface area contributed by atoms with Gasteiger partial charge in [0, 0.05) is 13.0 Å². The van der Waals surface area contributed by atoms with Gasteiger partial charge in [-0.1, -0.05) is 6.08 Å². The normalized spacial score (nSPS) is 9.30. The highest BCUT2D eigenvalue weighted by Crippen LogP contribution is 1.86. The van der Waals surface area contributed by atoms with E-state index in [9.17, 15) is 4.79 Å². The first-order valence-corrected chi connectivity index (χ1v) is 3.58. The molecule has 0 saturated heterocycles. The van der Waals surface area contributed by atoms with Crippen molar-refractivity contribution in [1.82, 2.24) is 5.32 Å². The molecule has 0 amide bonds. The Bertz CT molecular complexity index is 110. The van der Waals surface area contributed by atoms with E-state index in [1.165, 1.54) is 0 Å². The lowest BCUT2D eigenvalue weighted by atomic mass is 10.2. The molecule has 0 saturated carbocycles. The molecular formula is C8H15NO. The zero-order valence-electron chi connectivity index (χ0n) is 6.52. The molecule has 1 N–H and O–H groups in total. The number of Topliss-reactive ketones (excluding diaryl/α,β-unsaturated/α-hetero) is 1. The summed E-state index contributed by atoms with van der Waals surface area (Å²) in [7, 11) is 0. The monoisotopic (exact) mass is 141 g/mol. The highest BCUT2D eigenvalue weighted by Gasteiger charge is 1.90. The fourth-order valence-electron chi connectivity index (χ4n) is 0.666. The first-order valence-electron chi connectivity index (χ1n) is 3.58. The largest absolute Gasteiger partial charge is 0.313 e. The van der Waals surface area contributed by atoms with Crippen molar-refractivity contribution in [3.63, 3.8) is 0 Å². The molecule has 0 atom stereocenters. The second-order valence-electron chi connectivity index (χ2n) is 2.30. The van der Waals surface area contributed by atoms with Crippen LogP contribution in [0, 0.1) is 0 Å². The maximum Gasteiger partial charge on any atom is 0.129 e. The van der Waals surface area contributed by atoms with Crippen molar-refractivity contribution in [1.29, 1.82) is 0 Å². The van der Waals surface area contributed by atoms with Crippen LogP contribution in [0.25, 0.3) is 0 Å². The molecule has 10 heavy (non-hydrogen) atoms. The highest BCUT2D eigenvalue weighted by molar-refractivity contribution is 5.75. The zero-order valence-corrected chi connectivity index (χ0v) is 6.52. The lowest BCUT2D eigenvalue weighted by Gasteiger charge is -1.97. The SMILES string of the molecule is C=CCNCCCC(C)=O. The zero-order chi connectivity index (χ0) is 7.82. The van der Waals surface area contributed by atoms with E-state index in [1.54, 1.807) is 6.92 Å². The Morgan fingerprint density at radius 3 is 2.90 bits per heavy atom. The van der Waals surface area contributed by atoms with E-state index in [1.807, 2.05) is 6.08 Å². The Balaban J connectivity index is 2.90. The molecule has 0 aromatic carbocycles. The van der Waals surface area contributed by atoms with Crippen LogP contribution in [-0.4, -0.2) is 18.9 Å². The van der Waals surface area contributed by atoms with Gasteiger partial charge in [0.25, 0.3) is 0 Å². The number of hydrogen-bond donors (Lipinski definition) is 1. The summed E-state index contributed by atoms with van der Waals surface area (Å²) < 4.78 is 0. The van der Waals surface area contributed by atoms with Crippen LogP contribution >= 0.6 is 0 Å². The van der Waals surface area contributed by atoms with Gasteiger partial charge in [-0.3, -0.25) is 0 Å². The summed E-state index contributed by atoms with van der Waals surface area (Å²) in [5.74, 6) is 0.264. The predicted octanol–water partition coefficient (Wildman–Crippen LogP) is 1.13. The minimum Gasteiger partial charge on any atom is -0.313 e. The van der Waals surface area contributed by atoms with Gasteiger partial charge in [0.15, 0.2) is 0 Å². The van der Waals surface area contributed by atoms with Crippen LogP contribution in [0.15, 0.2) is 12.7 Å². The standard InChI is InChI=1S/C8H15NO/c1-3-6-9-7-4-5-8(2)10/h3,9H,1,4-7H2,2H3. The number of nitrogens with one attached hydrogen (secondary N) is 1. The Kier molecular flexibility index (Phi) is 6.08. The lowest BCUT2D eigenvalue weighted by Crippen LogP contribution is -2.15. The van der Waals surface area contributed by atoms with Gasteiger partial charge in [0.1, 0.15) is 5.78 Å². The van der Waals surface area contributed by atoms with E-state index < -0.39 is 0 Å². The third-order valence-corrected chi connectivity index (χ3v) is 1.17. The van der Waals surface area contributed by atoms with Crippen LogP contribution in [0.3, 0.4) is 0 Å². The molecule has 2 nitrogen and oxygen atoms in total. The van der Waals surface area contributed by atoms with Crippen molar-refractivity contribution >= 4 is 5.78 Å². The van der Waals surface area contributed by atoms with Crippen LogP contribution in [0.2, 0.25) is 0 Å². The summed E-state index contributed by atoms with van der Waals surface area (Å²) in [4.78, 5) is 10.4. The molecule has 0 bridgehead atoms. The molecule has 2 heteroatoms. The Hall–Kier alpha value is -0.630. The third kappa shape index (κ3) is 7.37. The van der Waals surface area contributed by atoms with Crippen molar-refractivity contribution < 1.29 is 4.79 Å². The van der Waals surface area contributed by atoms with Gasteiger partial charge in [-0.2, -0.15) is 0 Å². The molecule has 0 aliphatic carbocycles. The van der Waals surface area contributed by atoms with Crippen molar-refractivity contribution in [2.24, 2.45) is 0 Å². The summed E-state index contributed by atoms with van der Waals surface area (Å²) in [6.45, 7) is 6.92. The minimum absolute atomic E-state index is 0.264. The Morgan fingerprint density at radius 1 is 1.70 bits per heavy atom. The summed E-state index contributed by atoms with van der Waals surface area (Å²) in [6, 6.07) is 0. The highest BCUT2D eigenvalue weighted by atomic mass is 16.1. The minimum atomic E-state index is 0.264. The quantitative estimate of drug-likeness (QED) is 0.444. The predicted molar refractivity (Wildman–Crippen MR) is 43.0 cm³/mol. The average molecular weight is 141 g/mol. The van der Waals surface area contributed by atoms with Crippen molar-refractivity contribution in [3.05, 3.63) is 12.7 Å². The molecule has 0 aromatic rings. The molecule has 0 heterocycles. The van der Waals surface area contributed by atoms with Gasteiger partial charge in [0.2, 0.25) is 0 Å². The average Bonchev–Trinajstić information content (AvgIpc) is 1.87. The molecule has 58 valence electrons. The second kappa shape index (κ2) is 6.49. The third-order valence-electron chi connectivity index (χ3n) is 1.17. The van der Waals surface area contributed by atoms with Crippen LogP contribution in [-0.2, 0) is 4.79 Å². The van der Waals surface area contributed by atoms with Crippen molar-refractivity contribution in [2.75, 3.05) is 13.1 Å². The number of rotatable bonds is 6. The molecule has 0 spiro atoms. The molecule has 0 unspecified atom stereocenters. The molecular weight excluding hydrogens is 126 g/mol. The van der Waals surface area contributed by atoms with Gasteiger partial charge < -0.3 is 10.1 Å². The fourth-order valence-corrected chi connectivity index (χ4v) is 0.666. The van der Waals surface area contributed by atoms with Crippen molar-refractivity contribution in [2.45, 2.75) is 19.8 Å². The van der Waals surface area contributed by atoms with E-state index in [2.05, 4.69) is 11.9 Å². The van der Waals surface area contributed by atoms with Gasteiger partial charge in [-0.25, -0.2) is 0 Å². The topological polar surface area (TPSA) is 29.1 Å². The number of ketones is 1. The summed E-state index contributed by atoms with van der Waals surface area (Å²) in [5, 5.41) is 3.12. The van der Waals surface area contributed by atoms with E-state index in [4.69, 9.17) is 0 Å². The molecule has 0 radical (unpaired) electrons. The fraction of sp³-hybridized carbons (Fsp3) is 0.625. The van der Waals surface area contributed by atoms with Gasteiger partial charge in [0.05, 0.1) is 0 Å². The second-order valence-corrected chi connectivity index (χ2v) is 2.30. The molecule has 0 aliphatic heterocycles. The van der Waals surface area contributed by atoms with E-state index in [-0.39, 0.29) is 5.78 Å². The number of hydrogen-bond acceptors (Lipinski definition) is 2. The van der Waals surface area contributed by atoms with Crippen LogP contribution in [0.5, 0.6) is 0 Å². The van der Waals surface area contributed by atoms with E-state index >= 15 is 0 Å². The first-order chi connectivity index (χ1) is 4.77. The van der Waals surface area contributed by atoms with Crippen LogP contribution in [0.4, 0.5) is 0 Å². The maximum absolute atomic E-state index is 10.4. The van der Waals surface area contributed by atoms with Gasteiger partial charge in [-0.05, 0) is 19.9 Å². The van der Waals surface area contributed by atoms with Gasteiger partial charge in [-0.15, -0.1) is 6.58 Å². The number of carbonyl (C=O) groups is 1. The first kappa shape index (κ1) is 9.37. The van der Waals surface area contributed by atoms with Crippen molar-refractivity contribution in [3.8, 4) is 0 Å². The molecule has 0 aliphatic rings. The Labute approximate surface area is 62.3 Å². The molecule has 0 aromatic heterocycles. The maximum atomic E-state index is 10.4. The molecule has 0 fully saturated rings. The van der Waals surface area contributed by atoms with Gasteiger partial charge >= 0.3 is 0 Å². The van der Waals surface area contributed by atoms with E-state index in [0.717, 1.165) is 19.5 Å². The summed E-state index contributed by atoms with van der Waals surface area (Å²) in [5.41, 5.74) is 0. The lowest BCUT2D eigenvalue weighted by molar-refractivity contribution is -0.117. The molecule has 0 rings (SSSR count). The number of carbonyl (C=O) groups excluding carboxylic acids is 1. The smallest absolute Gasteiger partial charge is 0.129 e. The van der Waals surface area contributed by atoms with E-state index in [0.29, 0.717) is 6.42 Å².